The lowest BCUT2D eigenvalue weighted by Gasteiger charge is -2.21. The molecule has 0 spiro atoms. The quantitative estimate of drug-likeness (QED) is 0.647. The fraction of sp³-hybridized carbons (Fsp3) is 0.480. The lowest BCUT2D eigenvalue weighted by molar-refractivity contribution is -0.127. The number of fused-ring (bicyclic) bond motifs is 2. The topological polar surface area (TPSA) is 72.3 Å². The summed E-state index contributed by atoms with van der Waals surface area (Å²) in [6, 6.07) is 15.3. The number of nitrogens with zero attached hydrogens (tertiary/aromatic N) is 4. The van der Waals surface area contributed by atoms with Crippen LogP contribution in [-0.4, -0.2) is 58.4 Å². The van der Waals surface area contributed by atoms with Crippen molar-refractivity contribution in [3.63, 3.8) is 0 Å². The summed E-state index contributed by atoms with van der Waals surface area (Å²) in [5, 5.41) is 14.5. The summed E-state index contributed by atoms with van der Waals surface area (Å²) in [5.41, 5.74) is 1.34. The second kappa shape index (κ2) is 9.79. The number of hydrogen-bond acceptors (Lipinski definition) is 5. The molecule has 1 saturated heterocycles. The molecule has 5 rings (SSSR count). The van der Waals surface area contributed by atoms with Crippen LogP contribution in [0.15, 0.2) is 42.5 Å². The molecule has 0 unspecified atom stereocenters. The highest BCUT2D eigenvalue weighted by atomic mass is 16.5. The maximum Gasteiger partial charge on any atom is 0.223 e. The summed E-state index contributed by atoms with van der Waals surface area (Å²) in [6.07, 6.45) is 3.25. The number of carbonyl (C=O) groups excluding carboxylic acids is 1. The monoisotopic (exact) mass is 433 g/mol. The molecular formula is C25H31N5O2. The van der Waals surface area contributed by atoms with Gasteiger partial charge in [-0.2, -0.15) is 0 Å². The van der Waals surface area contributed by atoms with Crippen LogP contribution in [0, 0.1) is 5.92 Å². The van der Waals surface area contributed by atoms with Crippen LogP contribution in [-0.2, 0) is 35.5 Å². The van der Waals surface area contributed by atoms with Crippen molar-refractivity contribution in [2.75, 3.05) is 32.8 Å². The normalized spacial score (nSPS) is 17.8. The minimum absolute atomic E-state index is 0.0860. The molecule has 0 saturated carbocycles. The van der Waals surface area contributed by atoms with Gasteiger partial charge < -0.3 is 14.6 Å². The van der Waals surface area contributed by atoms with Crippen molar-refractivity contribution >= 4 is 16.7 Å². The average molecular weight is 434 g/mol. The second-order valence-electron chi connectivity index (χ2n) is 8.82. The zero-order valence-corrected chi connectivity index (χ0v) is 18.5. The van der Waals surface area contributed by atoms with Gasteiger partial charge in [0.1, 0.15) is 11.6 Å². The Labute approximate surface area is 188 Å². The highest BCUT2D eigenvalue weighted by molar-refractivity contribution is 5.83. The van der Waals surface area contributed by atoms with E-state index in [4.69, 9.17) is 4.74 Å². The first kappa shape index (κ1) is 21.1. The fourth-order valence-corrected chi connectivity index (χ4v) is 4.77. The van der Waals surface area contributed by atoms with Crippen LogP contribution in [0.3, 0.4) is 0 Å². The van der Waals surface area contributed by atoms with Gasteiger partial charge in [-0.1, -0.05) is 36.4 Å². The number of rotatable bonds is 6. The number of hydrogen-bond donors (Lipinski definition) is 1. The van der Waals surface area contributed by atoms with Crippen LogP contribution in [0.2, 0.25) is 0 Å². The Morgan fingerprint density at radius 3 is 2.75 bits per heavy atom. The lowest BCUT2D eigenvalue weighted by Crippen LogP contribution is -2.35. The zero-order valence-electron chi connectivity index (χ0n) is 18.5. The molecule has 1 amide bonds. The number of aromatic nitrogens is 3. The second-order valence-corrected chi connectivity index (χ2v) is 8.82. The minimum atomic E-state index is 0.0860. The van der Waals surface area contributed by atoms with Crippen LogP contribution in [0.4, 0.5) is 0 Å². The Balaban J connectivity index is 1.15. The minimum Gasteiger partial charge on any atom is -0.381 e. The third kappa shape index (κ3) is 4.84. The van der Waals surface area contributed by atoms with Crippen LogP contribution >= 0.6 is 0 Å². The Hall–Kier alpha value is -2.77. The first-order chi connectivity index (χ1) is 15.8. The molecule has 1 aromatic heterocycles. The number of ether oxygens (including phenoxy) is 1. The Bertz CT molecular complexity index is 1070. The molecule has 168 valence electrons. The number of benzene rings is 2. The standard InChI is InChI=1S/C25H31N5O2/c31-25(21-9-15-32-16-10-21)26-11-7-23-27-28-24-8-12-29(13-14-30(23)24)18-19-5-6-20-3-1-2-4-22(20)17-19/h1-6,17,21H,7-16,18H2,(H,26,31). The maximum atomic E-state index is 12.4. The van der Waals surface area contributed by atoms with E-state index >= 15 is 0 Å². The molecule has 3 heterocycles. The number of nitrogens with one attached hydrogen (secondary N) is 1. The molecule has 0 aliphatic carbocycles. The number of carbonyl (C=O) groups is 1. The highest BCUT2D eigenvalue weighted by Crippen LogP contribution is 2.18. The summed E-state index contributed by atoms with van der Waals surface area (Å²) in [4.78, 5) is 14.8. The van der Waals surface area contributed by atoms with E-state index in [9.17, 15) is 4.79 Å². The third-order valence-corrected chi connectivity index (χ3v) is 6.66. The fourth-order valence-electron chi connectivity index (χ4n) is 4.77. The van der Waals surface area contributed by atoms with Gasteiger partial charge in [0, 0.05) is 64.7 Å². The summed E-state index contributed by atoms with van der Waals surface area (Å²) >= 11 is 0. The average Bonchev–Trinajstić information content (AvgIpc) is 3.11. The van der Waals surface area contributed by atoms with Crippen molar-refractivity contribution in [2.45, 2.75) is 38.8 Å². The van der Waals surface area contributed by atoms with Gasteiger partial charge in [-0.05, 0) is 35.2 Å². The largest absolute Gasteiger partial charge is 0.381 e. The van der Waals surface area contributed by atoms with Crippen molar-refractivity contribution in [3.8, 4) is 0 Å². The SMILES string of the molecule is O=C(NCCc1nnc2n1CCN(Cc1ccc3ccccc3c1)CC2)C1CCOCC1. The molecule has 1 fully saturated rings. The van der Waals surface area contributed by atoms with Crippen molar-refractivity contribution < 1.29 is 9.53 Å². The molecule has 2 aromatic carbocycles. The van der Waals surface area contributed by atoms with E-state index in [0.29, 0.717) is 26.2 Å². The molecule has 2 aliphatic heterocycles. The smallest absolute Gasteiger partial charge is 0.223 e. The van der Waals surface area contributed by atoms with Gasteiger partial charge in [-0.15, -0.1) is 10.2 Å². The van der Waals surface area contributed by atoms with Gasteiger partial charge >= 0.3 is 0 Å². The summed E-state index contributed by atoms with van der Waals surface area (Å²) in [6.45, 7) is 5.76. The molecule has 32 heavy (non-hydrogen) atoms. The zero-order chi connectivity index (χ0) is 21.8. The van der Waals surface area contributed by atoms with Crippen LogP contribution in [0.1, 0.15) is 30.1 Å². The molecular weight excluding hydrogens is 402 g/mol. The molecule has 0 atom stereocenters. The summed E-state index contributed by atoms with van der Waals surface area (Å²) in [5.74, 6) is 2.25. The van der Waals surface area contributed by atoms with Gasteiger partial charge in [0.05, 0.1) is 0 Å². The first-order valence-corrected chi connectivity index (χ1v) is 11.7. The predicted molar refractivity (Wildman–Crippen MR) is 123 cm³/mol. The Morgan fingerprint density at radius 1 is 1.03 bits per heavy atom. The maximum absolute atomic E-state index is 12.4. The van der Waals surface area contributed by atoms with Gasteiger partial charge in [0.15, 0.2) is 0 Å². The Morgan fingerprint density at radius 2 is 1.88 bits per heavy atom. The predicted octanol–water partition coefficient (Wildman–Crippen LogP) is 2.57. The van der Waals surface area contributed by atoms with Crippen molar-refractivity contribution in [3.05, 3.63) is 59.7 Å². The van der Waals surface area contributed by atoms with Gasteiger partial charge in [0.2, 0.25) is 5.91 Å². The van der Waals surface area contributed by atoms with Gasteiger partial charge in [0.25, 0.3) is 0 Å². The van der Waals surface area contributed by atoms with Crippen molar-refractivity contribution in [2.24, 2.45) is 5.92 Å². The summed E-state index contributed by atoms with van der Waals surface area (Å²) in [7, 11) is 0. The van der Waals surface area contributed by atoms with E-state index < -0.39 is 0 Å². The molecule has 0 bridgehead atoms. The van der Waals surface area contributed by atoms with Gasteiger partial charge in [-0.3, -0.25) is 9.69 Å². The van der Waals surface area contributed by atoms with E-state index in [2.05, 4.69) is 67.4 Å². The molecule has 7 nitrogen and oxygen atoms in total. The molecule has 3 aromatic rings. The molecule has 2 aliphatic rings. The number of amides is 1. The molecule has 0 radical (unpaired) electrons. The first-order valence-electron chi connectivity index (χ1n) is 11.7. The third-order valence-electron chi connectivity index (χ3n) is 6.66. The molecule has 7 heteroatoms. The summed E-state index contributed by atoms with van der Waals surface area (Å²) < 4.78 is 7.60. The highest BCUT2D eigenvalue weighted by Gasteiger charge is 2.22. The molecule has 1 N–H and O–H groups in total. The van der Waals surface area contributed by atoms with E-state index in [-0.39, 0.29) is 11.8 Å². The van der Waals surface area contributed by atoms with Crippen LogP contribution < -0.4 is 5.32 Å². The van der Waals surface area contributed by atoms with Crippen LogP contribution in [0.5, 0.6) is 0 Å². The van der Waals surface area contributed by atoms with E-state index in [1.807, 2.05) is 0 Å². The van der Waals surface area contributed by atoms with E-state index in [1.54, 1.807) is 0 Å². The van der Waals surface area contributed by atoms with Gasteiger partial charge in [-0.25, -0.2) is 0 Å². The van der Waals surface area contributed by atoms with E-state index in [0.717, 1.165) is 57.1 Å². The van der Waals surface area contributed by atoms with Crippen molar-refractivity contribution in [1.82, 2.24) is 25.0 Å². The van der Waals surface area contributed by atoms with E-state index in [1.165, 1.54) is 16.3 Å². The lowest BCUT2D eigenvalue weighted by atomic mass is 9.99. The van der Waals surface area contributed by atoms with Crippen LogP contribution in [0.25, 0.3) is 10.8 Å². The van der Waals surface area contributed by atoms with Crippen molar-refractivity contribution in [1.29, 1.82) is 0 Å². The Kier molecular flexibility index (Phi) is 6.46.